The fraction of sp³-hybridized carbons (Fsp3) is 0.0909. The van der Waals surface area contributed by atoms with E-state index in [2.05, 4.69) is 5.59 Å². The molecule has 0 aromatic heterocycles. The van der Waals surface area contributed by atoms with E-state index in [1.807, 2.05) is 36.4 Å². The van der Waals surface area contributed by atoms with Gasteiger partial charge in [0.15, 0.2) is 0 Å². The van der Waals surface area contributed by atoms with Gasteiger partial charge in [-0.15, -0.1) is 5.01 Å². The van der Waals surface area contributed by atoms with Crippen LogP contribution in [0.3, 0.4) is 0 Å². The van der Waals surface area contributed by atoms with Crippen LogP contribution in [0.5, 0.6) is 17.2 Å². The number of hydrogen-bond donors (Lipinski definition) is 1. The lowest BCUT2D eigenvalue weighted by Crippen LogP contribution is -2.46. The summed E-state index contributed by atoms with van der Waals surface area (Å²) in [7, 11) is 0. The van der Waals surface area contributed by atoms with Gasteiger partial charge in [-0.25, -0.2) is 4.79 Å². The summed E-state index contributed by atoms with van der Waals surface area (Å²) >= 11 is 0. The Hall–Kier alpha value is -3.84. The second-order valence-corrected chi connectivity index (χ2v) is 6.49. The van der Waals surface area contributed by atoms with Gasteiger partial charge in [-0.1, -0.05) is 54.1 Å². The van der Waals surface area contributed by atoms with Crippen molar-refractivity contribution in [2.24, 2.45) is 0 Å². The maximum atomic E-state index is 12.8. The number of cyclic esters (lactones) is 1. The van der Waals surface area contributed by atoms with Crippen LogP contribution in [0.25, 0.3) is 0 Å². The van der Waals surface area contributed by atoms with E-state index in [1.54, 1.807) is 48.5 Å². The van der Waals surface area contributed by atoms with Gasteiger partial charge < -0.3 is 14.3 Å². The molecular weight excluding hydrogens is 372 g/mol. The molecule has 2 amide bonds. The van der Waals surface area contributed by atoms with Gasteiger partial charge in [-0.2, -0.15) is 0 Å². The van der Waals surface area contributed by atoms with Crippen molar-refractivity contribution in [2.45, 2.75) is 12.5 Å². The Morgan fingerprint density at radius 1 is 0.793 bits per heavy atom. The van der Waals surface area contributed by atoms with E-state index < -0.39 is 17.6 Å². The van der Waals surface area contributed by atoms with Crippen LogP contribution in [-0.4, -0.2) is 17.0 Å². The predicted octanol–water partition coefficient (Wildman–Crippen LogP) is 4.17. The van der Waals surface area contributed by atoms with Crippen molar-refractivity contribution < 1.29 is 23.9 Å². The van der Waals surface area contributed by atoms with E-state index in [0.29, 0.717) is 27.8 Å². The van der Waals surface area contributed by atoms with E-state index in [0.717, 1.165) is 0 Å². The SMILES string of the molecule is CC1(c2ccc(Oc3ccccc3)cc2)OC(=O)N(NOc2ccccc2)C1=O. The molecule has 0 saturated carbocycles. The molecule has 1 saturated heterocycles. The van der Waals surface area contributed by atoms with Crippen molar-refractivity contribution >= 4 is 12.0 Å². The molecule has 1 heterocycles. The number of amides is 2. The van der Waals surface area contributed by atoms with Crippen molar-refractivity contribution in [2.75, 3.05) is 0 Å². The third kappa shape index (κ3) is 3.76. The summed E-state index contributed by atoms with van der Waals surface area (Å²) in [5, 5.41) is 0.710. The molecule has 7 heteroatoms. The molecule has 0 bridgehead atoms. The first kappa shape index (κ1) is 18.5. The molecule has 7 nitrogen and oxygen atoms in total. The fourth-order valence-electron chi connectivity index (χ4n) is 2.87. The zero-order valence-electron chi connectivity index (χ0n) is 15.6. The van der Waals surface area contributed by atoms with E-state index in [-0.39, 0.29) is 0 Å². The van der Waals surface area contributed by atoms with Crippen LogP contribution in [0.4, 0.5) is 4.79 Å². The van der Waals surface area contributed by atoms with Crippen LogP contribution < -0.4 is 15.2 Å². The average molecular weight is 390 g/mol. The average Bonchev–Trinajstić information content (AvgIpc) is 2.97. The summed E-state index contributed by atoms with van der Waals surface area (Å²) in [6, 6.07) is 24.9. The van der Waals surface area contributed by atoms with Crippen molar-refractivity contribution in [3.8, 4) is 17.2 Å². The Morgan fingerprint density at radius 2 is 1.34 bits per heavy atom. The monoisotopic (exact) mass is 390 g/mol. The number of carbonyl (C=O) groups excluding carboxylic acids is 2. The highest BCUT2D eigenvalue weighted by Crippen LogP contribution is 2.35. The minimum Gasteiger partial charge on any atom is -0.457 e. The molecule has 1 fully saturated rings. The quantitative estimate of drug-likeness (QED) is 0.637. The Balaban J connectivity index is 1.47. The number of nitrogens with zero attached hydrogens (tertiary/aromatic N) is 1. The number of hydrazine groups is 1. The third-order valence-corrected chi connectivity index (χ3v) is 4.47. The van der Waals surface area contributed by atoms with E-state index in [4.69, 9.17) is 14.3 Å². The summed E-state index contributed by atoms with van der Waals surface area (Å²) in [4.78, 5) is 30.3. The van der Waals surface area contributed by atoms with Crippen LogP contribution in [0, 0.1) is 0 Å². The Bertz CT molecular complexity index is 1010. The second-order valence-electron chi connectivity index (χ2n) is 6.49. The number of para-hydroxylation sites is 2. The summed E-state index contributed by atoms with van der Waals surface area (Å²) in [5.41, 5.74) is 1.39. The first-order valence-corrected chi connectivity index (χ1v) is 8.95. The molecule has 1 N–H and O–H groups in total. The molecule has 146 valence electrons. The lowest BCUT2D eigenvalue weighted by atomic mass is 9.95. The minimum atomic E-state index is -1.48. The Morgan fingerprint density at radius 3 is 1.97 bits per heavy atom. The summed E-state index contributed by atoms with van der Waals surface area (Å²) in [6.45, 7) is 1.53. The second kappa shape index (κ2) is 7.65. The van der Waals surface area contributed by atoms with Crippen molar-refractivity contribution in [1.29, 1.82) is 0 Å². The van der Waals surface area contributed by atoms with Crippen molar-refractivity contribution in [1.82, 2.24) is 10.6 Å². The number of hydrogen-bond acceptors (Lipinski definition) is 6. The van der Waals surface area contributed by atoms with E-state index >= 15 is 0 Å². The summed E-state index contributed by atoms with van der Waals surface area (Å²) < 4.78 is 11.1. The highest BCUT2D eigenvalue weighted by atomic mass is 16.7. The van der Waals surface area contributed by atoms with Gasteiger partial charge in [0.2, 0.25) is 5.60 Å². The number of benzene rings is 3. The fourth-order valence-corrected chi connectivity index (χ4v) is 2.87. The van der Waals surface area contributed by atoms with Gasteiger partial charge in [0.1, 0.15) is 17.2 Å². The normalized spacial score (nSPS) is 18.4. The minimum absolute atomic E-state index is 0.448. The third-order valence-electron chi connectivity index (χ3n) is 4.47. The molecule has 0 radical (unpaired) electrons. The first-order chi connectivity index (χ1) is 14.1. The van der Waals surface area contributed by atoms with Crippen LogP contribution >= 0.6 is 0 Å². The van der Waals surface area contributed by atoms with Crippen molar-refractivity contribution in [3.05, 3.63) is 90.5 Å². The molecule has 1 aliphatic heterocycles. The van der Waals surface area contributed by atoms with Gasteiger partial charge in [0.25, 0.3) is 5.91 Å². The van der Waals surface area contributed by atoms with Gasteiger partial charge in [0.05, 0.1) is 0 Å². The number of carbonyl (C=O) groups is 2. The molecule has 0 spiro atoms. The molecule has 4 rings (SSSR count). The van der Waals surface area contributed by atoms with Crippen LogP contribution in [-0.2, 0) is 15.1 Å². The largest absolute Gasteiger partial charge is 0.457 e. The maximum Gasteiger partial charge on any atom is 0.435 e. The highest BCUT2D eigenvalue weighted by Gasteiger charge is 2.52. The van der Waals surface area contributed by atoms with Crippen LogP contribution in [0.15, 0.2) is 84.9 Å². The molecular formula is C22H18N2O5. The van der Waals surface area contributed by atoms with Gasteiger partial charge in [0, 0.05) is 5.56 Å². The van der Waals surface area contributed by atoms with Gasteiger partial charge in [-0.3, -0.25) is 4.79 Å². The molecule has 0 aliphatic carbocycles. The number of ether oxygens (including phenoxy) is 2. The molecule has 1 atom stereocenters. The van der Waals surface area contributed by atoms with Crippen molar-refractivity contribution in [3.63, 3.8) is 0 Å². The lowest BCUT2D eigenvalue weighted by Gasteiger charge is -2.20. The maximum absolute atomic E-state index is 12.8. The number of imide groups is 1. The Kier molecular flexibility index (Phi) is 4.88. The Labute approximate surface area is 167 Å². The highest BCUT2D eigenvalue weighted by molar-refractivity contribution is 6.02. The van der Waals surface area contributed by atoms with Crippen LogP contribution in [0.1, 0.15) is 12.5 Å². The zero-order chi connectivity index (χ0) is 20.3. The summed E-state index contributed by atoms with van der Waals surface area (Å²) in [5.74, 6) is 1.16. The standard InChI is InChI=1S/C22H18N2O5/c1-22(16-12-14-18(15-13-16)27-17-8-4-2-5-9-17)20(25)24(21(26)28-22)23-29-19-10-6-3-7-11-19/h2-15,23H,1H3. The molecule has 29 heavy (non-hydrogen) atoms. The van der Waals surface area contributed by atoms with E-state index in [1.165, 1.54) is 6.92 Å². The molecule has 3 aromatic rings. The predicted molar refractivity (Wildman–Crippen MR) is 104 cm³/mol. The van der Waals surface area contributed by atoms with Gasteiger partial charge >= 0.3 is 6.09 Å². The zero-order valence-corrected chi connectivity index (χ0v) is 15.6. The van der Waals surface area contributed by atoms with E-state index in [9.17, 15) is 9.59 Å². The van der Waals surface area contributed by atoms with Crippen LogP contribution in [0.2, 0.25) is 0 Å². The lowest BCUT2D eigenvalue weighted by molar-refractivity contribution is -0.142. The number of rotatable bonds is 6. The molecule has 1 unspecified atom stereocenters. The number of nitrogens with one attached hydrogen (secondary N) is 1. The first-order valence-electron chi connectivity index (χ1n) is 8.95. The van der Waals surface area contributed by atoms with Gasteiger partial charge in [-0.05, 0) is 43.3 Å². The molecule has 1 aliphatic rings. The topological polar surface area (TPSA) is 77.1 Å². The summed E-state index contributed by atoms with van der Waals surface area (Å²) in [6.07, 6.45) is -0.849. The smallest absolute Gasteiger partial charge is 0.435 e. The molecule has 3 aromatic carbocycles.